The van der Waals surface area contributed by atoms with Gasteiger partial charge in [-0.1, -0.05) is 11.6 Å². The molecule has 6 heteroatoms. The molecule has 1 heterocycles. The first-order valence-corrected chi connectivity index (χ1v) is 7.20. The maximum Gasteiger partial charge on any atom is 0.339 e. The highest BCUT2D eigenvalue weighted by Crippen LogP contribution is 2.25. The molecule has 118 valence electrons. The molecule has 0 aliphatic carbocycles. The van der Waals surface area contributed by atoms with Crippen LogP contribution < -0.4 is 15.8 Å². The lowest BCUT2D eigenvalue weighted by atomic mass is 10.1. The van der Waals surface area contributed by atoms with Crippen molar-refractivity contribution in [2.45, 2.75) is 32.6 Å². The van der Waals surface area contributed by atoms with Crippen molar-refractivity contribution >= 4 is 16.9 Å². The number of carbonyl (C=O) groups is 1. The highest BCUT2D eigenvalue weighted by molar-refractivity contribution is 5.83. The van der Waals surface area contributed by atoms with E-state index in [2.05, 4.69) is 0 Å². The van der Waals surface area contributed by atoms with Crippen molar-refractivity contribution in [1.82, 2.24) is 5.48 Å². The number of aryl methyl sites for hydroxylation is 1. The monoisotopic (exact) mass is 305 g/mol. The van der Waals surface area contributed by atoms with Crippen LogP contribution in [0.3, 0.4) is 0 Å². The number of hydrogen-bond acceptors (Lipinski definition) is 5. The van der Waals surface area contributed by atoms with E-state index in [4.69, 9.17) is 14.4 Å². The molecule has 1 amide bonds. The van der Waals surface area contributed by atoms with Crippen LogP contribution in [-0.2, 0) is 4.79 Å². The maximum absolute atomic E-state index is 11.5. The Labute approximate surface area is 127 Å². The molecule has 0 bridgehead atoms. The fraction of sp³-hybridized carbons (Fsp3) is 0.375. The lowest BCUT2D eigenvalue weighted by molar-refractivity contribution is -0.129. The van der Waals surface area contributed by atoms with Gasteiger partial charge in [0.2, 0.25) is 5.91 Å². The van der Waals surface area contributed by atoms with Crippen LogP contribution in [0, 0.1) is 6.92 Å². The first-order chi connectivity index (χ1) is 10.6. The molecule has 0 saturated heterocycles. The lowest BCUT2D eigenvalue weighted by Crippen LogP contribution is -2.17. The molecule has 0 spiro atoms. The molecule has 0 unspecified atom stereocenters. The van der Waals surface area contributed by atoms with Crippen LogP contribution in [0.4, 0.5) is 0 Å². The maximum atomic E-state index is 11.5. The van der Waals surface area contributed by atoms with Gasteiger partial charge in [0, 0.05) is 6.42 Å². The molecule has 6 nitrogen and oxygen atoms in total. The summed E-state index contributed by atoms with van der Waals surface area (Å²) in [6.07, 6.45) is 2.51. The molecule has 1 aromatic carbocycles. The molecule has 2 N–H and O–H groups in total. The predicted octanol–water partition coefficient (Wildman–Crippen LogP) is 2.55. The molecule has 0 aliphatic heterocycles. The van der Waals surface area contributed by atoms with Crippen molar-refractivity contribution < 1.29 is 19.2 Å². The van der Waals surface area contributed by atoms with E-state index < -0.39 is 5.63 Å². The quantitative estimate of drug-likeness (QED) is 0.355. The molecular weight excluding hydrogens is 286 g/mol. The molecule has 0 fully saturated rings. The standard InChI is InChI=1S/C16H19NO5/c1-11-6-7-13-12(9-11)14(10-16(19)22-13)21-8-4-2-3-5-15(18)17-20/h6-7,9-10,20H,2-5,8H2,1H3,(H,17,18). The van der Waals surface area contributed by atoms with Gasteiger partial charge in [-0.25, -0.2) is 10.3 Å². The lowest BCUT2D eigenvalue weighted by Gasteiger charge is -2.08. The summed E-state index contributed by atoms with van der Waals surface area (Å²) in [6, 6.07) is 6.90. The van der Waals surface area contributed by atoms with E-state index in [1.165, 1.54) is 6.07 Å². The number of benzene rings is 1. The summed E-state index contributed by atoms with van der Waals surface area (Å²) in [5, 5.41) is 9.15. The van der Waals surface area contributed by atoms with Gasteiger partial charge in [-0.05, 0) is 38.3 Å². The van der Waals surface area contributed by atoms with E-state index >= 15 is 0 Å². The second kappa shape index (κ2) is 7.61. The Morgan fingerprint density at radius 2 is 2.09 bits per heavy atom. The fourth-order valence-electron chi connectivity index (χ4n) is 2.17. The van der Waals surface area contributed by atoms with Gasteiger partial charge in [-0.2, -0.15) is 0 Å². The van der Waals surface area contributed by atoms with Gasteiger partial charge in [0.1, 0.15) is 11.3 Å². The topological polar surface area (TPSA) is 88.8 Å². The van der Waals surface area contributed by atoms with Crippen molar-refractivity contribution in [3.63, 3.8) is 0 Å². The molecule has 2 aromatic rings. The largest absolute Gasteiger partial charge is 0.493 e. The minimum Gasteiger partial charge on any atom is -0.493 e. The van der Waals surface area contributed by atoms with E-state index in [1.54, 1.807) is 11.5 Å². The third kappa shape index (κ3) is 4.33. The van der Waals surface area contributed by atoms with E-state index in [9.17, 15) is 9.59 Å². The van der Waals surface area contributed by atoms with Crippen LogP contribution >= 0.6 is 0 Å². The smallest absolute Gasteiger partial charge is 0.339 e. The molecule has 0 aliphatic rings. The zero-order valence-corrected chi connectivity index (χ0v) is 12.4. The van der Waals surface area contributed by atoms with Crippen molar-refractivity contribution in [3.8, 4) is 5.75 Å². The number of ether oxygens (including phenoxy) is 1. The predicted molar refractivity (Wildman–Crippen MR) is 81.1 cm³/mol. The molecule has 0 saturated carbocycles. The van der Waals surface area contributed by atoms with Crippen molar-refractivity contribution in [1.29, 1.82) is 0 Å². The van der Waals surface area contributed by atoms with Crippen molar-refractivity contribution in [3.05, 3.63) is 40.2 Å². The van der Waals surface area contributed by atoms with Gasteiger partial charge in [0.15, 0.2) is 0 Å². The first kappa shape index (κ1) is 16.0. The van der Waals surface area contributed by atoms with Crippen molar-refractivity contribution in [2.24, 2.45) is 0 Å². The normalized spacial score (nSPS) is 10.6. The molecular formula is C16H19NO5. The molecule has 0 atom stereocenters. The molecule has 2 rings (SSSR count). The number of unbranched alkanes of at least 4 members (excludes halogenated alkanes) is 2. The highest BCUT2D eigenvalue weighted by Gasteiger charge is 2.07. The van der Waals surface area contributed by atoms with E-state index in [1.807, 2.05) is 19.1 Å². The Morgan fingerprint density at radius 3 is 2.86 bits per heavy atom. The minimum absolute atomic E-state index is 0.285. The van der Waals surface area contributed by atoms with Gasteiger partial charge in [-0.15, -0.1) is 0 Å². The summed E-state index contributed by atoms with van der Waals surface area (Å²) in [5.74, 6) is 0.131. The Hall–Kier alpha value is -2.34. The number of fused-ring (bicyclic) bond motifs is 1. The van der Waals surface area contributed by atoms with Crippen LogP contribution in [0.15, 0.2) is 33.5 Å². The zero-order valence-electron chi connectivity index (χ0n) is 12.4. The number of hydrogen-bond donors (Lipinski definition) is 2. The number of nitrogens with one attached hydrogen (secondary N) is 1. The third-order valence-electron chi connectivity index (χ3n) is 3.29. The van der Waals surface area contributed by atoms with Gasteiger partial charge in [-0.3, -0.25) is 10.0 Å². The number of rotatable bonds is 7. The molecule has 1 aromatic heterocycles. The summed E-state index contributed by atoms with van der Waals surface area (Å²) in [6.45, 7) is 2.41. The van der Waals surface area contributed by atoms with Crippen LogP contribution in [0.25, 0.3) is 11.0 Å². The number of amides is 1. The highest BCUT2D eigenvalue weighted by atomic mass is 16.5. The Kier molecular flexibility index (Phi) is 5.55. The SMILES string of the molecule is Cc1ccc2oc(=O)cc(OCCCCCC(=O)NO)c2c1. The van der Waals surface area contributed by atoms with E-state index in [0.717, 1.165) is 23.8 Å². The summed E-state index contributed by atoms with van der Waals surface area (Å²) < 4.78 is 10.8. The summed E-state index contributed by atoms with van der Waals surface area (Å²) in [7, 11) is 0. The van der Waals surface area contributed by atoms with Gasteiger partial charge < -0.3 is 9.15 Å². The number of hydroxylamine groups is 1. The summed E-state index contributed by atoms with van der Waals surface area (Å²) in [5.41, 5.74) is 2.72. The second-order valence-electron chi connectivity index (χ2n) is 5.12. The van der Waals surface area contributed by atoms with E-state index in [0.29, 0.717) is 24.4 Å². The first-order valence-electron chi connectivity index (χ1n) is 7.20. The zero-order chi connectivity index (χ0) is 15.9. The summed E-state index contributed by atoms with van der Waals surface area (Å²) >= 11 is 0. The Balaban J connectivity index is 1.93. The average Bonchev–Trinajstić information content (AvgIpc) is 2.50. The Morgan fingerprint density at radius 1 is 1.27 bits per heavy atom. The second-order valence-corrected chi connectivity index (χ2v) is 5.12. The van der Waals surface area contributed by atoms with Crippen LogP contribution in [-0.4, -0.2) is 17.7 Å². The minimum atomic E-state index is -0.439. The van der Waals surface area contributed by atoms with E-state index in [-0.39, 0.29) is 12.3 Å². The average molecular weight is 305 g/mol. The molecule has 22 heavy (non-hydrogen) atoms. The fourth-order valence-corrected chi connectivity index (χ4v) is 2.17. The van der Waals surface area contributed by atoms with Crippen LogP contribution in [0.2, 0.25) is 0 Å². The van der Waals surface area contributed by atoms with Gasteiger partial charge >= 0.3 is 5.63 Å². The van der Waals surface area contributed by atoms with Gasteiger partial charge in [0.05, 0.1) is 18.1 Å². The van der Waals surface area contributed by atoms with Crippen molar-refractivity contribution in [2.75, 3.05) is 6.61 Å². The third-order valence-corrected chi connectivity index (χ3v) is 3.29. The van der Waals surface area contributed by atoms with Crippen LogP contribution in [0.1, 0.15) is 31.2 Å². The Bertz CT molecular complexity index is 707. The van der Waals surface area contributed by atoms with Gasteiger partial charge in [0.25, 0.3) is 0 Å². The van der Waals surface area contributed by atoms with Crippen LogP contribution in [0.5, 0.6) is 5.75 Å². The number of carbonyl (C=O) groups excluding carboxylic acids is 1. The summed E-state index contributed by atoms with van der Waals surface area (Å²) in [4.78, 5) is 22.4. The molecule has 0 radical (unpaired) electrons.